The molecule has 0 atom stereocenters. The number of primary amides is 1. The summed E-state index contributed by atoms with van der Waals surface area (Å²) in [5.74, 6) is -0.0145. The number of amides is 1. The topological polar surface area (TPSA) is 78.1 Å². The minimum Gasteiger partial charge on any atom is -0.497 e. The lowest BCUT2D eigenvalue weighted by Gasteiger charge is -2.07. The van der Waals surface area contributed by atoms with Crippen LogP contribution in [0.1, 0.15) is 10.4 Å². The number of carbonyl (C=O) groups is 1. The van der Waals surface area contributed by atoms with Gasteiger partial charge in [-0.25, -0.2) is 9.97 Å². The number of nitrogens with two attached hydrogens (primary N) is 1. The Morgan fingerprint density at radius 2 is 1.79 bits per heavy atom. The second-order valence-electron chi connectivity index (χ2n) is 4.12. The highest BCUT2D eigenvalue weighted by Crippen LogP contribution is 2.24. The first-order valence-electron chi connectivity index (χ1n) is 5.73. The zero-order chi connectivity index (χ0) is 13.4. The van der Waals surface area contributed by atoms with Crippen molar-refractivity contribution in [2.45, 2.75) is 0 Å². The maximum atomic E-state index is 11.5. The summed E-state index contributed by atoms with van der Waals surface area (Å²) in [6.07, 6.45) is 0. The highest BCUT2D eigenvalue weighted by atomic mass is 16.5. The van der Waals surface area contributed by atoms with Crippen LogP contribution in [0.15, 0.2) is 36.4 Å². The number of methoxy groups -OCH3 is 1. The molecule has 1 aromatic heterocycles. The molecular weight excluding hydrogens is 242 g/mol. The Hall–Kier alpha value is -2.69. The van der Waals surface area contributed by atoms with Gasteiger partial charge in [-0.3, -0.25) is 4.79 Å². The van der Waals surface area contributed by atoms with Crippen molar-refractivity contribution in [3.05, 3.63) is 42.0 Å². The molecule has 0 spiro atoms. The van der Waals surface area contributed by atoms with Crippen LogP contribution in [0.5, 0.6) is 5.75 Å². The monoisotopic (exact) mass is 253 g/mol. The van der Waals surface area contributed by atoms with E-state index >= 15 is 0 Å². The minimum absolute atomic E-state index is 0.313. The zero-order valence-corrected chi connectivity index (χ0v) is 10.3. The lowest BCUT2D eigenvalue weighted by molar-refractivity contribution is 0.100. The quantitative estimate of drug-likeness (QED) is 0.707. The Balaban J connectivity index is 2.45. The molecule has 2 N–H and O–H groups in total. The van der Waals surface area contributed by atoms with Crippen molar-refractivity contribution >= 4 is 28.0 Å². The normalized spacial score (nSPS) is 10.8. The fraction of sp³-hybridized carbons (Fsp3) is 0.0714. The smallest absolute Gasteiger partial charge is 0.251 e. The Morgan fingerprint density at radius 1 is 1.11 bits per heavy atom. The van der Waals surface area contributed by atoms with Crippen molar-refractivity contribution in [2.75, 3.05) is 7.11 Å². The maximum Gasteiger partial charge on any atom is 0.251 e. The molecule has 3 rings (SSSR count). The molecule has 2 aromatic carbocycles. The molecule has 5 nitrogen and oxygen atoms in total. The van der Waals surface area contributed by atoms with E-state index < -0.39 is 5.91 Å². The largest absolute Gasteiger partial charge is 0.497 e. The number of carbonyl (C=O) groups excluding carboxylic acids is 1. The molecule has 0 saturated carbocycles. The fourth-order valence-corrected chi connectivity index (χ4v) is 2.01. The predicted octanol–water partition coefficient (Wildman–Crippen LogP) is 1.89. The third kappa shape index (κ3) is 1.85. The van der Waals surface area contributed by atoms with Gasteiger partial charge in [0, 0.05) is 6.07 Å². The van der Waals surface area contributed by atoms with E-state index in [2.05, 4.69) is 9.97 Å². The molecule has 0 bridgehead atoms. The van der Waals surface area contributed by atoms with Crippen LogP contribution in [0.3, 0.4) is 0 Å². The molecule has 0 radical (unpaired) electrons. The first-order chi connectivity index (χ1) is 9.19. The van der Waals surface area contributed by atoms with Crippen LogP contribution in [0.25, 0.3) is 22.1 Å². The number of nitrogens with zero attached hydrogens (tertiary/aromatic N) is 2. The van der Waals surface area contributed by atoms with Crippen LogP contribution in [0.2, 0.25) is 0 Å². The van der Waals surface area contributed by atoms with Gasteiger partial charge in [0.25, 0.3) is 5.91 Å². The van der Waals surface area contributed by atoms with Crippen LogP contribution in [0.4, 0.5) is 0 Å². The summed E-state index contributed by atoms with van der Waals surface area (Å²) >= 11 is 0. The molecule has 0 aliphatic carbocycles. The molecule has 0 saturated heterocycles. The molecule has 0 aliphatic rings. The average molecular weight is 253 g/mol. The van der Waals surface area contributed by atoms with E-state index in [0.29, 0.717) is 22.3 Å². The summed E-state index contributed by atoms with van der Waals surface area (Å²) in [7, 11) is 1.53. The van der Waals surface area contributed by atoms with E-state index in [1.54, 1.807) is 12.1 Å². The fourth-order valence-electron chi connectivity index (χ4n) is 2.01. The van der Waals surface area contributed by atoms with Gasteiger partial charge in [-0.15, -0.1) is 0 Å². The van der Waals surface area contributed by atoms with Gasteiger partial charge in [0.1, 0.15) is 11.3 Å². The summed E-state index contributed by atoms with van der Waals surface area (Å²) in [6.45, 7) is 0. The van der Waals surface area contributed by atoms with Gasteiger partial charge in [-0.1, -0.05) is 12.1 Å². The van der Waals surface area contributed by atoms with Crippen LogP contribution in [-0.2, 0) is 0 Å². The summed E-state index contributed by atoms with van der Waals surface area (Å²) < 4.78 is 5.15. The standard InChI is InChI=1S/C14H11N3O2/c1-19-8-6-9(14(15)18)13-12(7-8)16-10-4-2-3-5-11(10)17-13/h2-7H,1H3,(H2,15,18). The second-order valence-corrected chi connectivity index (χ2v) is 4.12. The molecule has 0 aliphatic heterocycles. The third-order valence-corrected chi connectivity index (χ3v) is 2.92. The van der Waals surface area contributed by atoms with E-state index in [4.69, 9.17) is 10.5 Å². The average Bonchev–Trinajstić information content (AvgIpc) is 2.43. The molecule has 0 fully saturated rings. The van der Waals surface area contributed by atoms with Crippen LogP contribution in [-0.4, -0.2) is 23.0 Å². The first-order valence-corrected chi connectivity index (χ1v) is 5.73. The number of benzene rings is 2. The van der Waals surface area contributed by atoms with Gasteiger partial charge < -0.3 is 10.5 Å². The van der Waals surface area contributed by atoms with E-state index in [1.807, 2.05) is 24.3 Å². The number of rotatable bonds is 2. The highest BCUT2D eigenvalue weighted by Gasteiger charge is 2.12. The summed E-state index contributed by atoms with van der Waals surface area (Å²) in [5.41, 5.74) is 8.27. The van der Waals surface area contributed by atoms with Gasteiger partial charge >= 0.3 is 0 Å². The van der Waals surface area contributed by atoms with Gasteiger partial charge in [0.2, 0.25) is 0 Å². The minimum atomic E-state index is -0.548. The Labute approximate surface area is 109 Å². The SMILES string of the molecule is COc1cc(C(N)=O)c2nc3ccccc3nc2c1. The second kappa shape index (κ2) is 4.20. The van der Waals surface area contributed by atoms with E-state index in [-0.39, 0.29) is 0 Å². The van der Waals surface area contributed by atoms with Gasteiger partial charge in [0.15, 0.2) is 0 Å². The molecule has 3 aromatic rings. The number of fused-ring (bicyclic) bond motifs is 2. The van der Waals surface area contributed by atoms with Crippen molar-refractivity contribution in [1.29, 1.82) is 0 Å². The number of ether oxygens (including phenoxy) is 1. The highest BCUT2D eigenvalue weighted by molar-refractivity contribution is 6.05. The van der Waals surface area contributed by atoms with Gasteiger partial charge in [-0.05, 0) is 18.2 Å². The van der Waals surface area contributed by atoms with Crippen LogP contribution < -0.4 is 10.5 Å². The van der Waals surface area contributed by atoms with Crippen LogP contribution in [0, 0.1) is 0 Å². The van der Waals surface area contributed by atoms with E-state index in [9.17, 15) is 4.79 Å². The van der Waals surface area contributed by atoms with Crippen molar-refractivity contribution in [2.24, 2.45) is 5.73 Å². The Kier molecular flexibility index (Phi) is 2.52. The zero-order valence-electron chi connectivity index (χ0n) is 10.3. The maximum absolute atomic E-state index is 11.5. The number of para-hydroxylation sites is 2. The van der Waals surface area contributed by atoms with Crippen molar-refractivity contribution in [3.63, 3.8) is 0 Å². The van der Waals surface area contributed by atoms with Gasteiger partial charge in [0.05, 0.1) is 29.2 Å². The van der Waals surface area contributed by atoms with Crippen molar-refractivity contribution in [3.8, 4) is 5.75 Å². The van der Waals surface area contributed by atoms with E-state index in [0.717, 1.165) is 11.0 Å². The lowest BCUT2D eigenvalue weighted by atomic mass is 10.1. The molecule has 0 unspecified atom stereocenters. The Bertz CT molecular complexity index is 799. The van der Waals surface area contributed by atoms with E-state index in [1.165, 1.54) is 7.11 Å². The molecule has 19 heavy (non-hydrogen) atoms. The molecule has 1 amide bonds. The lowest BCUT2D eigenvalue weighted by Crippen LogP contribution is -2.12. The number of hydrogen-bond donors (Lipinski definition) is 1. The summed E-state index contributed by atoms with van der Waals surface area (Å²) in [4.78, 5) is 20.5. The molecule has 1 heterocycles. The Morgan fingerprint density at radius 3 is 2.42 bits per heavy atom. The molecular formula is C14H11N3O2. The molecule has 94 valence electrons. The first kappa shape index (κ1) is 11.4. The van der Waals surface area contributed by atoms with Gasteiger partial charge in [-0.2, -0.15) is 0 Å². The number of aromatic nitrogens is 2. The van der Waals surface area contributed by atoms with Crippen molar-refractivity contribution in [1.82, 2.24) is 9.97 Å². The predicted molar refractivity (Wildman–Crippen MR) is 72.1 cm³/mol. The van der Waals surface area contributed by atoms with Crippen LogP contribution >= 0.6 is 0 Å². The summed E-state index contributed by atoms with van der Waals surface area (Å²) in [5, 5.41) is 0. The third-order valence-electron chi connectivity index (χ3n) is 2.92. The molecule has 5 heteroatoms. The summed E-state index contributed by atoms with van der Waals surface area (Å²) in [6, 6.07) is 10.8. The number of hydrogen-bond acceptors (Lipinski definition) is 4. The van der Waals surface area contributed by atoms with Crippen molar-refractivity contribution < 1.29 is 9.53 Å².